The average molecular weight is 357 g/mol. The van der Waals surface area contributed by atoms with Crippen LogP contribution in [0.15, 0.2) is 24.3 Å². The smallest absolute Gasteiger partial charge is 0.265 e. The van der Waals surface area contributed by atoms with Gasteiger partial charge in [0.1, 0.15) is 5.56 Å². The summed E-state index contributed by atoms with van der Waals surface area (Å²) >= 11 is 0. The maximum Gasteiger partial charge on any atom is 0.265 e. The summed E-state index contributed by atoms with van der Waals surface area (Å²) in [4.78, 5) is 15.1. The molecule has 1 aromatic carbocycles. The third-order valence-electron chi connectivity index (χ3n) is 5.05. The van der Waals surface area contributed by atoms with Gasteiger partial charge in [-0.05, 0) is 49.7 Å². The van der Waals surface area contributed by atoms with Crippen molar-refractivity contribution < 1.29 is 9.18 Å². The first-order valence-electron chi connectivity index (χ1n) is 9.42. The SMILES string of the molecule is Cc1nn(C)c(F)c1C(=O)N(c1ccccc1C(C)CC(C)C)C1CC1. The summed E-state index contributed by atoms with van der Waals surface area (Å²) in [6.45, 7) is 8.30. The van der Waals surface area contributed by atoms with Crippen LogP contribution in [0.3, 0.4) is 0 Å². The number of para-hydroxylation sites is 1. The van der Waals surface area contributed by atoms with E-state index >= 15 is 0 Å². The van der Waals surface area contributed by atoms with Gasteiger partial charge in [-0.25, -0.2) is 4.68 Å². The van der Waals surface area contributed by atoms with Crippen molar-refractivity contribution in [1.82, 2.24) is 9.78 Å². The molecule has 1 aliphatic rings. The molecule has 140 valence electrons. The second-order valence-corrected chi connectivity index (χ2v) is 7.87. The normalized spacial score (nSPS) is 15.3. The van der Waals surface area contributed by atoms with Crippen molar-refractivity contribution in [2.24, 2.45) is 13.0 Å². The molecule has 2 aromatic rings. The van der Waals surface area contributed by atoms with Crippen LogP contribution in [0.4, 0.5) is 10.1 Å². The van der Waals surface area contributed by atoms with E-state index in [4.69, 9.17) is 0 Å². The van der Waals surface area contributed by atoms with E-state index in [-0.39, 0.29) is 17.5 Å². The molecule has 4 nitrogen and oxygen atoms in total. The number of carbonyl (C=O) groups excluding carboxylic acids is 1. The predicted molar refractivity (Wildman–Crippen MR) is 102 cm³/mol. The van der Waals surface area contributed by atoms with Crippen LogP contribution in [0.2, 0.25) is 0 Å². The molecule has 0 saturated heterocycles. The van der Waals surface area contributed by atoms with E-state index in [1.165, 1.54) is 7.05 Å². The van der Waals surface area contributed by atoms with Gasteiger partial charge in [-0.3, -0.25) is 4.79 Å². The summed E-state index contributed by atoms with van der Waals surface area (Å²) in [5, 5.41) is 4.08. The van der Waals surface area contributed by atoms with Crippen molar-refractivity contribution >= 4 is 11.6 Å². The molecule has 0 aliphatic heterocycles. The molecule has 1 amide bonds. The largest absolute Gasteiger partial charge is 0.305 e. The Balaban J connectivity index is 2.03. The summed E-state index contributed by atoms with van der Waals surface area (Å²) < 4.78 is 15.7. The lowest BCUT2D eigenvalue weighted by atomic mass is 9.90. The number of carbonyl (C=O) groups is 1. The highest BCUT2D eigenvalue weighted by Gasteiger charge is 2.38. The first-order chi connectivity index (χ1) is 12.3. The Labute approximate surface area is 155 Å². The van der Waals surface area contributed by atoms with Gasteiger partial charge in [-0.2, -0.15) is 9.49 Å². The van der Waals surface area contributed by atoms with Crippen LogP contribution in [-0.2, 0) is 7.05 Å². The van der Waals surface area contributed by atoms with Gasteiger partial charge in [0.05, 0.1) is 5.69 Å². The van der Waals surface area contributed by atoms with E-state index < -0.39 is 5.95 Å². The van der Waals surface area contributed by atoms with Gasteiger partial charge in [0, 0.05) is 18.8 Å². The number of rotatable bonds is 6. The Morgan fingerprint density at radius 2 is 1.96 bits per heavy atom. The molecule has 1 saturated carbocycles. The van der Waals surface area contributed by atoms with Crippen molar-refractivity contribution in [2.75, 3.05) is 4.90 Å². The standard InChI is InChI=1S/C21H28FN3O/c1-13(2)12-14(3)17-8-6-7-9-18(17)25(16-10-11-16)21(26)19-15(4)23-24(5)20(19)22/h6-9,13-14,16H,10-12H2,1-5H3. The highest BCUT2D eigenvalue weighted by Crippen LogP contribution is 2.39. The summed E-state index contributed by atoms with van der Waals surface area (Å²) in [6, 6.07) is 8.20. The van der Waals surface area contributed by atoms with Crippen molar-refractivity contribution in [3.63, 3.8) is 0 Å². The molecule has 1 atom stereocenters. The molecule has 0 N–H and O–H groups in total. The van der Waals surface area contributed by atoms with Gasteiger partial charge in [-0.15, -0.1) is 0 Å². The molecule has 1 unspecified atom stereocenters. The van der Waals surface area contributed by atoms with E-state index in [1.807, 2.05) is 18.2 Å². The zero-order valence-electron chi connectivity index (χ0n) is 16.3. The van der Waals surface area contributed by atoms with Crippen molar-refractivity contribution in [3.8, 4) is 0 Å². The highest BCUT2D eigenvalue weighted by atomic mass is 19.1. The minimum Gasteiger partial charge on any atom is -0.305 e. The molecule has 0 bridgehead atoms. The lowest BCUT2D eigenvalue weighted by molar-refractivity contribution is 0.0980. The average Bonchev–Trinajstić information content (AvgIpc) is 3.35. The van der Waals surface area contributed by atoms with E-state index in [1.54, 1.807) is 11.8 Å². The Morgan fingerprint density at radius 1 is 1.31 bits per heavy atom. The van der Waals surface area contributed by atoms with E-state index in [0.717, 1.165) is 35.2 Å². The molecule has 1 heterocycles. The Morgan fingerprint density at radius 3 is 2.50 bits per heavy atom. The summed E-state index contributed by atoms with van der Waals surface area (Å²) in [7, 11) is 1.53. The number of hydrogen-bond donors (Lipinski definition) is 0. The van der Waals surface area contributed by atoms with Gasteiger partial charge in [-0.1, -0.05) is 39.0 Å². The van der Waals surface area contributed by atoms with Crippen LogP contribution in [0, 0.1) is 18.8 Å². The summed E-state index contributed by atoms with van der Waals surface area (Å²) in [5.41, 5.74) is 2.60. The van der Waals surface area contributed by atoms with Gasteiger partial charge in [0.2, 0.25) is 5.95 Å². The lowest BCUT2D eigenvalue weighted by Gasteiger charge is -2.28. The minimum atomic E-state index is -0.564. The van der Waals surface area contributed by atoms with Crippen LogP contribution >= 0.6 is 0 Å². The topological polar surface area (TPSA) is 38.1 Å². The fraction of sp³-hybridized carbons (Fsp3) is 0.524. The molecular formula is C21H28FN3O. The summed E-state index contributed by atoms with van der Waals surface area (Å²) in [6.07, 6.45) is 2.96. The number of anilines is 1. The van der Waals surface area contributed by atoms with Gasteiger partial charge >= 0.3 is 0 Å². The minimum absolute atomic E-state index is 0.0886. The molecule has 3 rings (SSSR count). The highest BCUT2D eigenvalue weighted by molar-refractivity contribution is 6.08. The molecule has 1 aromatic heterocycles. The molecule has 0 spiro atoms. The first kappa shape index (κ1) is 18.6. The molecule has 5 heteroatoms. The number of nitrogens with zero attached hydrogens (tertiary/aromatic N) is 3. The van der Waals surface area contributed by atoms with Crippen molar-refractivity contribution in [1.29, 1.82) is 0 Å². The fourth-order valence-corrected chi connectivity index (χ4v) is 3.76. The predicted octanol–water partition coefficient (Wildman–Crippen LogP) is 4.83. The first-order valence-corrected chi connectivity index (χ1v) is 9.42. The van der Waals surface area contributed by atoms with Gasteiger partial charge < -0.3 is 4.90 Å². The Bertz CT molecular complexity index is 808. The van der Waals surface area contributed by atoms with E-state index in [2.05, 4.69) is 31.9 Å². The third-order valence-corrected chi connectivity index (χ3v) is 5.05. The van der Waals surface area contributed by atoms with Crippen LogP contribution < -0.4 is 4.90 Å². The molecule has 26 heavy (non-hydrogen) atoms. The molecule has 1 aliphatic carbocycles. The molecular weight excluding hydrogens is 329 g/mol. The fourth-order valence-electron chi connectivity index (χ4n) is 3.76. The maximum atomic E-state index is 14.5. The van der Waals surface area contributed by atoms with Crippen LogP contribution in [-0.4, -0.2) is 21.7 Å². The van der Waals surface area contributed by atoms with Gasteiger partial charge in [0.15, 0.2) is 0 Å². The quantitative estimate of drug-likeness (QED) is 0.743. The van der Waals surface area contributed by atoms with E-state index in [0.29, 0.717) is 17.5 Å². The van der Waals surface area contributed by atoms with Crippen molar-refractivity contribution in [3.05, 3.63) is 47.0 Å². The number of amides is 1. The number of halogens is 1. The van der Waals surface area contributed by atoms with Crippen LogP contribution in [0.1, 0.15) is 67.6 Å². The Kier molecular flexibility index (Phi) is 5.17. The second-order valence-electron chi connectivity index (χ2n) is 7.87. The maximum absolute atomic E-state index is 14.5. The number of aromatic nitrogens is 2. The lowest BCUT2D eigenvalue weighted by Crippen LogP contribution is -2.35. The van der Waals surface area contributed by atoms with E-state index in [9.17, 15) is 9.18 Å². The van der Waals surface area contributed by atoms with Crippen molar-refractivity contribution in [2.45, 2.75) is 58.9 Å². The second kappa shape index (κ2) is 7.22. The number of hydrogen-bond acceptors (Lipinski definition) is 2. The molecule has 0 radical (unpaired) electrons. The van der Waals surface area contributed by atoms with Crippen LogP contribution in [0.25, 0.3) is 0 Å². The zero-order chi connectivity index (χ0) is 19.0. The summed E-state index contributed by atoms with van der Waals surface area (Å²) in [5.74, 6) is 0.0619. The monoisotopic (exact) mass is 357 g/mol. The molecule has 1 fully saturated rings. The third kappa shape index (κ3) is 3.53. The Hall–Kier alpha value is -2.17. The van der Waals surface area contributed by atoms with Gasteiger partial charge in [0.25, 0.3) is 5.91 Å². The zero-order valence-corrected chi connectivity index (χ0v) is 16.3. The van der Waals surface area contributed by atoms with Crippen LogP contribution in [0.5, 0.6) is 0 Å². The number of aryl methyl sites for hydroxylation is 2. The number of benzene rings is 1.